The topological polar surface area (TPSA) is 53.9 Å². The zero-order valence-electron chi connectivity index (χ0n) is 14.2. The van der Waals surface area contributed by atoms with Crippen molar-refractivity contribution >= 4 is 40.7 Å². The van der Waals surface area contributed by atoms with Gasteiger partial charge in [0, 0.05) is 18.1 Å². The second kappa shape index (κ2) is 8.58. The number of halogens is 2. The van der Waals surface area contributed by atoms with E-state index >= 15 is 0 Å². The molecule has 2 rings (SSSR count). The van der Waals surface area contributed by atoms with Crippen LogP contribution in [0.3, 0.4) is 0 Å². The maximum Gasteiger partial charge on any atom is 0.375 e. The number of amidine groups is 1. The number of piperidine rings is 1. The first kappa shape index (κ1) is 18.9. The SMILES string of the molecule is CCOC(=O)/C(=N/Nc1cc(Cl)ccc1Cl)N1C[C@@H](C)C[C@H](C)C1. The van der Waals surface area contributed by atoms with Crippen molar-refractivity contribution in [2.45, 2.75) is 27.2 Å². The van der Waals surface area contributed by atoms with E-state index in [1.807, 2.05) is 4.90 Å². The van der Waals surface area contributed by atoms with Gasteiger partial charge in [0.05, 0.1) is 17.3 Å². The van der Waals surface area contributed by atoms with Gasteiger partial charge >= 0.3 is 5.97 Å². The molecule has 0 saturated carbocycles. The summed E-state index contributed by atoms with van der Waals surface area (Å²) in [5.41, 5.74) is 3.39. The summed E-state index contributed by atoms with van der Waals surface area (Å²) >= 11 is 12.1. The molecule has 0 bridgehead atoms. The molecule has 7 heteroatoms. The number of nitrogens with one attached hydrogen (secondary N) is 1. The van der Waals surface area contributed by atoms with Crippen molar-refractivity contribution in [3.8, 4) is 0 Å². The van der Waals surface area contributed by atoms with Crippen LogP contribution < -0.4 is 5.43 Å². The molecule has 1 aromatic rings. The van der Waals surface area contributed by atoms with E-state index in [2.05, 4.69) is 24.4 Å². The Morgan fingerprint density at radius 2 is 2.00 bits per heavy atom. The molecule has 0 amide bonds. The summed E-state index contributed by atoms with van der Waals surface area (Å²) in [7, 11) is 0. The van der Waals surface area contributed by atoms with Crippen LogP contribution in [-0.2, 0) is 9.53 Å². The van der Waals surface area contributed by atoms with Crippen LogP contribution in [-0.4, -0.2) is 36.4 Å². The van der Waals surface area contributed by atoms with E-state index in [9.17, 15) is 4.79 Å². The molecule has 0 unspecified atom stereocenters. The number of ether oxygens (including phenoxy) is 1. The number of rotatable bonds is 3. The first-order valence-electron chi connectivity index (χ1n) is 8.11. The van der Waals surface area contributed by atoms with Crippen LogP contribution in [0.15, 0.2) is 23.3 Å². The highest BCUT2D eigenvalue weighted by Crippen LogP contribution is 2.26. The normalized spacial score (nSPS) is 21.5. The van der Waals surface area contributed by atoms with E-state index in [0.717, 1.165) is 19.5 Å². The maximum absolute atomic E-state index is 12.3. The fourth-order valence-electron chi connectivity index (χ4n) is 2.97. The standard InChI is InChI=1S/C17H23Cl2N3O2/c1-4-24-17(23)16(22-9-11(2)7-12(3)10-22)21-20-15-8-13(18)5-6-14(15)19/h5-6,8,11-12,20H,4,7,9-10H2,1-3H3/b21-16-/t11-,12-/m0/s1. The predicted octanol–water partition coefficient (Wildman–Crippen LogP) is 4.26. The number of benzene rings is 1. The van der Waals surface area contributed by atoms with Crippen molar-refractivity contribution in [3.63, 3.8) is 0 Å². The fraction of sp³-hybridized carbons (Fsp3) is 0.529. The summed E-state index contributed by atoms with van der Waals surface area (Å²) in [6, 6.07) is 5.04. The van der Waals surface area contributed by atoms with Crippen LogP contribution in [0.2, 0.25) is 10.0 Å². The molecule has 1 aliphatic rings. The van der Waals surface area contributed by atoms with Crippen LogP contribution in [0.5, 0.6) is 0 Å². The lowest BCUT2D eigenvalue weighted by Gasteiger charge is -2.36. The highest BCUT2D eigenvalue weighted by molar-refractivity contribution is 6.36. The first-order chi connectivity index (χ1) is 11.4. The van der Waals surface area contributed by atoms with Gasteiger partial charge in [-0.1, -0.05) is 37.0 Å². The summed E-state index contributed by atoms with van der Waals surface area (Å²) < 4.78 is 5.16. The Hall–Kier alpha value is -1.46. The third-order valence-electron chi connectivity index (χ3n) is 3.84. The molecular formula is C17H23Cl2N3O2. The van der Waals surface area contributed by atoms with Gasteiger partial charge in [0.15, 0.2) is 0 Å². The summed E-state index contributed by atoms with van der Waals surface area (Å²) in [5, 5.41) is 5.30. The van der Waals surface area contributed by atoms with Crippen LogP contribution in [0, 0.1) is 11.8 Å². The highest BCUT2D eigenvalue weighted by atomic mass is 35.5. The van der Waals surface area contributed by atoms with Gasteiger partial charge in [0.2, 0.25) is 5.84 Å². The average molecular weight is 372 g/mol. The quantitative estimate of drug-likeness (QED) is 0.373. The highest BCUT2D eigenvalue weighted by Gasteiger charge is 2.28. The number of nitrogens with zero attached hydrogens (tertiary/aromatic N) is 2. The van der Waals surface area contributed by atoms with Gasteiger partial charge in [-0.3, -0.25) is 5.43 Å². The van der Waals surface area contributed by atoms with Crippen LogP contribution >= 0.6 is 23.2 Å². The van der Waals surface area contributed by atoms with Crippen LogP contribution in [0.4, 0.5) is 5.69 Å². The molecule has 1 saturated heterocycles. The van der Waals surface area contributed by atoms with Crippen molar-refractivity contribution in [1.82, 2.24) is 4.90 Å². The van der Waals surface area contributed by atoms with Crippen molar-refractivity contribution in [2.24, 2.45) is 16.9 Å². The van der Waals surface area contributed by atoms with Gasteiger partial charge in [-0.05, 0) is 43.4 Å². The molecule has 2 atom stereocenters. The second-order valence-electron chi connectivity index (χ2n) is 6.24. The van der Waals surface area contributed by atoms with Crippen molar-refractivity contribution in [1.29, 1.82) is 0 Å². The summed E-state index contributed by atoms with van der Waals surface area (Å²) in [6.45, 7) is 7.96. The molecule has 24 heavy (non-hydrogen) atoms. The molecule has 0 radical (unpaired) electrons. The van der Waals surface area contributed by atoms with Crippen LogP contribution in [0.1, 0.15) is 27.2 Å². The van der Waals surface area contributed by atoms with E-state index in [-0.39, 0.29) is 5.84 Å². The molecule has 1 heterocycles. The van der Waals surface area contributed by atoms with Crippen molar-refractivity contribution in [2.75, 3.05) is 25.1 Å². The lowest BCUT2D eigenvalue weighted by atomic mass is 9.92. The number of esters is 1. The number of carbonyl (C=O) groups is 1. The van der Waals surface area contributed by atoms with Gasteiger partial charge in [-0.15, -0.1) is 5.10 Å². The average Bonchev–Trinajstić information content (AvgIpc) is 2.50. The van der Waals surface area contributed by atoms with E-state index in [0.29, 0.717) is 34.2 Å². The third kappa shape index (κ3) is 5.02. The Labute approximate surface area is 152 Å². The molecule has 5 nitrogen and oxygen atoms in total. The number of hydrazone groups is 1. The van der Waals surface area contributed by atoms with Crippen LogP contribution in [0.25, 0.3) is 0 Å². The lowest BCUT2D eigenvalue weighted by Crippen LogP contribution is -2.46. The Morgan fingerprint density at radius 3 is 2.62 bits per heavy atom. The van der Waals surface area contributed by atoms with Gasteiger partial charge in [-0.25, -0.2) is 4.79 Å². The molecule has 132 valence electrons. The van der Waals surface area contributed by atoms with E-state index in [1.54, 1.807) is 25.1 Å². The Morgan fingerprint density at radius 1 is 1.33 bits per heavy atom. The third-order valence-corrected chi connectivity index (χ3v) is 4.40. The minimum atomic E-state index is -0.440. The van der Waals surface area contributed by atoms with E-state index in [4.69, 9.17) is 27.9 Å². The van der Waals surface area contributed by atoms with Gasteiger partial charge < -0.3 is 9.64 Å². The molecule has 1 fully saturated rings. The fourth-order valence-corrected chi connectivity index (χ4v) is 3.31. The first-order valence-corrected chi connectivity index (χ1v) is 8.87. The van der Waals surface area contributed by atoms with Gasteiger partial charge in [-0.2, -0.15) is 0 Å². The lowest BCUT2D eigenvalue weighted by molar-refractivity contribution is -0.136. The molecule has 0 aliphatic carbocycles. The Bertz CT molecular complexity index is 612. The number of hydrogen-bond donors (Lipinski definition) is 1. The predicted molar refractivity (Wildman–Crippen MR) is 98.7 cm³/mol. The minimum absolute atomic E-state index is 0.270. The second-order valence-corrected chi connectivity index (χ2v) is 7.09. The Kier molecular flexibility index (Phi) is 6.75. The molecular weight excluding hydrogens is 349 g/mol. The van der Waals surface area contributed by atoms with Gasteiger partial charge in [0.25, 0.3) is 0 Å². The monoisotopic (exact) mass is 371 g/mol. The van der Waals surface area contributed by atoms with Gasteiger partial charge in [0.1, 0.15) is 0 Å². The smallest absolute Gasteiger partial charge is 0.375 e. The largest absolute Gasteiger partial charge is 0.460 e. The van der Waals surface area contributed by atoms with Crippen molar-refractivity contribution < 1.29 is 9.53 Å². The van der Waals surface area contributed by atoms with E-state index < -0.39 is 5.97 Å². The molecule has 0 aromatic heterocycles. The molecule has 0 spiro atoms. The summed E-state index contributed by atoms with van der Waals surface area (Å²) in [6.07, 6.45) is 1.14. The maximum atomic E-state index is 12.3. The summed E-state index contributed by atoms with van der Waals surface area (Å²) in [5.74, 6) is 0.807. The molecule has 1 N–H and O–H groups in total. The molecule has 1 aliphatic heterocycles. The summed E-state index contributed by atoms with van der Waals surface area (Å²) in [4.78, 5) is 14.3. The minimum Gasteiger partial charge on any atom is -0.460 e. The van der Waals surface area contributed by atoms with Crippen molar-refractivity contribution in [3.05, 3.63) is 28.2 Å². The zero-order valence-corrected chi connectivity index (χ0v) is 15.7. The Balaban J connectivity index is 2.24. The number of hydrogen-bond acceptors (Lipinski definition) is 4. The van der Waals surface area contributed by atoms with E-state index in [1.165, 1.54) is 0 Å². The zero-order chi connectivity index (χ0) is 17.7. The number of anilines is 1. The number of likely N-dealkylation sites (tertiary alicyclic amines) is 1. The molecule has 1 aromatic carbocycles. The number of carbonyl (C=O) groups excluding carboxylic acids is 1.